The number of carbonyl (C=O) groups is 1. The summed E-state index contributed by atoms with van der Waals surface area (Å²) >= 11 is 0. The molecular weight excluding hydrogens is 433 g/mol. The van der Waals surface area contributed by atoms with Gasteiger partial charge in [-0.2, -0.15) is 4.31 Å². The van der Waals surface area contributed by atoms with Crippen LogP contribution in [0.15, 0.2) is 53.7 Å². The van der Waals surface area contributed by atoms with Crippen molar-refractivity contribution in [1.82, 2.24) is 19.1 Å². The molecular formula is C22H22FN5O3S. The van der Waals surface area contributed by atoms with Gasteiger partial charge < -0.3 is 5.73 Å². The molecule has 4 rings (SSSR count). The molecule has 166 valence electrons. The van der Waals surface area contributed by atoms with Crippen LogP contribution in [0.5, 0.6) is 0 Å². The van der Waals surface area contributed by atoms with Gasteiger partial charge in [-0.05, 0) is 43.7 Å². The van der Waals surface area contributed by atoms with Crippen LogP contribution in [-0.4, -0.2) is 52.7 Å². The molecule has 0 atom stereocenters. The number of aromatic nitrogens is 3. The normalized spacial score (nSPS) is 15.5. The molecule has 2 N–H and O–H groups in total. The smallest absolute Gasteiger partial charge is 0.250 e. The Morgan fingerprint density at radius 1 is 1.16 bits per heavy atom. The summed E-state index contributed by atoms with van der Waals surface area (Å²) in [6, 6.07) is 11.8. The fourth-order valence-corrected chi connectivity index (χ4v) is 5.08. The number of alkyl halides is 1. The van der Waals surface area contributed by atoms with E-state index in [1.807, 2.05) is 32.0 Å². The summed E-state index contributed by atoms with van der Waals surface area (Å²) < 4.78 is 40.9. The summed E-state index contributed by atoms with van der Waals surface area (Å²) in [7, 11) is -3.85. The number of nitrogens with zero attached hydrogens (tertiary/aromatic N) is 4. The lowest BCUT2D eigenvalue weighted by Gasteiger charge is -2.33. The molecule has 1 amide bonds. The fraction of sp³-hybridized carbons (Fsp3) is 0.227. The number of aryl methyl sites for hydroxylation is 2. The molecule has 1 aliphatic rings. The lowest BCUT2D eigenvalue weighted by molar-refractivity contribution is -0.112. The molecule has 10 heteroatoms. The molecule has 2 heterocycles. The van der Waals surface area contributed by atoms with Crippen LogP contribution in [0.25, 0.3) is 23.2 Å². The Morgan fingerprint density at radius 2 is 1.84 bits per heavy atom. The van der Waals surface area contributed by atoms with Crippen LogP contribution < -0.4 is 5.73 Å². The molecule has 0 aliphatic carbocycles. The summed E-state index contributed by atoms with van der Waals surface area (Å²) in [6.45, 7) is 3.61. The number of amides is 1. The van der Waals surface area contributed by atoms with Gasteiger partial charge in [0.15, 0.2) is 5.82 Å². The van der Waals surface area contributed by atoms with Crippen molar-refractivity contribution >= 4 is 27.7 Å². The van der Waals surface area contributed by atoms with Gasteiger partial charge in [0.05, 0.1) is 10.5 Å². The summed E-state index contributed by atoms with van der Waals surface area (Å²) in [6.07, 6.45) is 1.68. The number of primary amides is 1. The second-order valence-electron chi connectivity index (χ2n) is 7.78. The molecule has 1 saturated heterocycles. The van der Waals surface area contributed by atoms with Crippen LogP contribution in [0.2, 0.25) is 0 Å². The highest BCUT2D eigenvalue weighted by atomic mass is 32.2. The van der Waals surface area contributed by atoms with Gasteiger partial charge in [-0.15, -0.1) is 5.10 Å². The number of hydrogen-bond donors (Lipinski definition) is 1. The predicted molar refractivity (Wildman–Crippen MR) is 118 cm³/mol. The first-order valence-corrected chi connectivity index (χ1v) is 11.3. The lowest BCUT2D eigenvalue weighted by Crippen LogP contribution is -2.51. The van der Waals surface area contributed by atoms with E-state index in [1.54, 1.807) is 6.07 Å². The molecule has 0 bridgehead atoms. The van der Waals surface area contributed by atoms with Gasteiger partial charge in [-0.1, -0.05) is 29.3 Å². The summed E-state index contributed by atoms with van der Waals surface area (Å²) in [5, 5.41) is 4.39. The van der Waals surface area contributed by atoms with Crippen LogP contribution in [0.1, 0.15) is 16.7 Å². The average molecular weight is 456 g/mol. The van der Waals surface area contributed by atoms with Gasteiger partial charge in [0.1, 0.15) is 12.5 Å². The summed E-state index contributed by atoms with van der Waals surface area (Å²) in [5.41, 5.74) is 8.92. The molecule has 1 aromatic heterocycles. The van der Waals surface area contributed by atoms with E-state index in [1.165, 1.54) is 35.4 Å². The zero-order chi connectivity index (χ0) is 23.0. The van der Waals surface area contributed by atoms with Crippen LogP contribution in [0, 0.1) is 13.8 Å². The SMILES string of the molecule is Cc1cc(C)cc(-c2ncn(/C=C(/C(N)=O)c3cccc(S(=O)(=O)N4CC(F)C4)c3)n2)c1. The Labute approximate surface area is 185 Å². The predicted octanol–water partition coefficient (Wildman–Crippen LogP) is 2.39. The molecule has 32 heavy (non-hydrogen) atoms. The Balaban J connectivity index is 1.68. The van der Waals surface area contributed by atoms with E-state index < -0.39 is 22.1 Å². The van der Waals surface area contributed by atoms with Crippen LogP contribution in [0.4, 0.5) is 4.39 Å². The Bertz CT molecular complexity index is 1310. The first-order chi connectivity index (χ1) is 15.1. The molecule has 0 saturated carbocycles. The van der Waals surface area contributed by atoms with Gasteiger partial charge in [-0.25, -0.2) is 22.5 Å². The van der Waals surface area contributed by atoms with Crippen molar-refractivity contribution < 1.29 is 17.6 Å². The Morgan fingerprint density at radius 3 is 2.47 bits per heavy atom. The second-order valence-corrected chi connectivity index (χ2v) is 9.72. The van der Waals surface area contributed by atoms with Crippen LogP contribution in [0.3, 0.4) is 0 Å². The minimum absolute atomic E-state index is 0.0384. The van der Waals surface area contributed by atoms with Crippen LogP contribution in [-0.2, 0) is 14.8 Å². The maximum atomic E-state index is 13.1. The third-order valence-electron chi connectivity index (χ3n) is 5.10. The number of rotatable bonds is 6. The molecule has 8 nitrogen and oxygen atoms in total. The van der Waals surface area contributed by atoms with E-state index in [2.05, 4.69) is 10.1 Å². The van der Waals surface area contributed by atoms with Crippen molar-refractivity contribution in [3.8, 4) is 11.4 Å². The van der Waals surface area contributed by atoms with Gasteiger partial charge in [-0.3, -0.25) is 4.79 Å². The van der Waals surface area contributed by atoms with Crippen molar-refractivity contribution in [3.63, 3.8) is 0 Å². The third-order valence-corrected chi connectivity index (χ3v) is 6.93. The van der Waals surface area contributed by atoms with Gasteiger partial charge in [0, 0.05) is 24.9 Å². The van der Waals surface area contributed by atoms with Crippen molar-refractivity contribution in [2.24, 2.45) is 5.73 Å². The topological polar surface area (TPSA) is 111 Å². The van der Waals surface area contributed by atoms with E-state index >= 15 is 0 Å². The van der Waals surface area contributed by atoms with Gasteiger partial charge in [0.2, 0.25) is 10.0 Å². The first kappa shape index (κ1) is 21.8. The number of benzene rings is 2. The Kier molecular flexibility index (Phi) is 5.66. The fourth-order valence-electron chi connectivity index (χ4n) is 3.54. The first-order valence-electron chi connectivity index (χ1n) is 9.89. The maximum Gasteiger partial charge on any atom is 0.250 e. The highest BCUT2D eigenvalue weighted by Crippen LogP contribution is 2.26. The molecule has 1 fully saturated rings. The third kappa shape index (κ3) is 4.32. The number of nitrogens with two attached hydrogens (primary N) is 1. The zero-order valence-electron chi connectivity index (χ0n) is 17.6. The quantitative estimate of drug-likeness (QED) is 0.574. The average Bonchev–Trinajstić information content (AvgIpc) is 3.17. The second kappa shape index (κ2) is 8.29. The van der Waals surface area contributed by atoms with Crippen molar-refractivity contribution in [2.75, 3.05) is 13.1 Å². The molecule has 0 radical (unpaired) electrons. The molecule has 0 spiro atoms. The minimum Gasteiger partial charge on any atom is -0.366 e. The van der Waals surface area contributed by atoms with E-state index in [4.69, 9.17) is 5.73 Å². The maximum absolute atomic E-state index is 13.1. The number of hydrogen-bond acceptors (Lipinski definition) is 5. The van der Waals surface area contributed by atoms with E-state index in [-0.39, 0.29) is 23.6 Å². The van der Waals surface area contributed by atoms with E-state index in [9.17, 15) is 17.6 Å². The number of carbonyl (C=O) groups excluding carboxylic acids is 1. The minimum atomic E-state index is -3.85. The van der Waals surface area contributed by atoms with Gasteiger partial charge >= 0.3 is 0 Å². The number of sulfonamides is 1. The number of halogens is 1. The zero-order valence-corrected chi connectivity index (χ0v) is 18.4. The molecule has 2 aromatic carbocycles. The van der Waals surface area contributed by atoms with Crippen molar-refractivity contribution in [2.45, 2.75) is 24.9 Å². The standard InChI is InChI=1S/C22H22FN5O3S/c1-14-6-15(2)8-17(7-14)22-25-13-27(26-22)12-20(21(24)29)16-4-3-5-19(9-16)32(30,31)28-10-18(23)11-28/h3-9,12-13,18H,10-11H2,1-2H3,(H2,24,29)/b20-12+. The summed E-state index contributed by atoms with van der Waals surface area (Å²) in [4.78, 5) is 16.4. The molecule has 3 aromatic rings. The largest absolute Gasteiger partial charge is 0.366 e. The highest BCUT2D eigenvalue weighted by molar-refractivity contribution is 7.89. The summed E-state index contributed by atoms with van der Waals surface area (Å²) in [5.74, 6) is -0.275. The van der Waals surface area contributed by atoms with E-state index in [0.717, 1.165) is 21.0 Å². The van der Waals surface area contributed by atoms with Crippen molar-refractivity contribution in [1.29, 1.82) is 0 Å². The van der Waals surface area contributed by atoms with Crippen molar-refractivity contribution in [3.05, 3.63) is 65.5 Å². The highest BCUT2D eigenvalue weighted by Gasteiger charge is 2.36. The lowest BCUT2D eigenvalue weighted by atomic mass is 10.1. The van der Waals surface area contributed by atoms with Gasteiger partial charge in [0.25, 0.3) is 5.91 Å². The van der Waals surface area contributed by atoms with Crippen LogP contribution >= 0.6 is 0 Å². The Hall–Kier alpha value is -3.37. The molecule has 0 unspecified atom stereocenters. The van der Waals surface area contributed by atoms with E-state index in [0.29, 0.717) is 11.4 Å². The monoisotopic (exact) mass is 455 g/mol. The molecule has 1 aliphatic heterocycles.